The number of halogens is 4. The van der Waals surface area contributed by atoms with Gasteiger partial charge >= 0.3 is 15.5 Å². The van der Waals surface area contributed by atoms with E-state index in [0.29, 0.717) is 4.31 Å². The lowest BCUT2D eigenvalue weighted by molar-refractivity contribution is -0.0434. The van der Waals surface area contributed by atoms with Crippen molar-refractivity contribution >= 4 is 21.3 Å². The molecule has 10 heteroatoms. The van der Waals surface area contributed by atoms with E-state index in [1.807, 2.05) is 3.77 Å². The predicted octanol–water partition coefficient (Wildman–Crippen LogP) is 0.999. The van der Waals surface area contributed by atoms with E-state index in [0.717, 1.165) is 14.1 Å². The van der Waals surface area contributed by atoms with Crippen molar-refractivity contribution in [3.63, 3.8) is 0 Å². The molecule has 13 heavy (non-hydrogen) atoms. The van der Waals surface area contributed by atoms with Crippen molar-refractivity contribution in [2.75, 3.05) is 14.1 Å². The molecular formula is C3H6F4N2O2S2. The van der Waals surface area contributed by atoms with Gasteiger partial charge in [-0.2, -0.15) is 21.6 Å². The van der Waals surface area contributed by atoms with Crippen LogP contribution in [0.5, 0.6) is 0 Å². The zero-order valence-corrected chi connectivity index (χ0v) is 8.17. The highest BCUT2D eigenvalue weighted by molar-refractivity contribution is 7.98. The Bertz CT molecular complexity index is 306. The molecule has 0 aromatic heterocycles. The van der Waals surface area contributed by atoms with E-state index in [9.17, 15) is 25.5 Å². The standard InChI is InChI=1S/C3H6F4N2O2S2/c1-9(2)12(7)8-13(10,11)3(4,5)6/h1-2H3. The van der Waals surface area contributed by atoms with Crippen LogP contribution in [0.2, 0.25) is 0 Å². The minimum atomic E-state index is -5.72. The van der Waals surface area contributed by atoms with E-state index in [-0.39, 0.29) is 0 Å². The Hall–Kier alpha value is -0.220. The van der Waals surface area contributed by atoms with Crippen LogP contribution < -0.4 is 0 Å². The third-order valence-electron chi connectivity index (χ3n) is 0.753. The fourth-order valence-corrected chi connectivity index (χ4v) is 1.71. The topological polar surface area (TPSA) is 49.7 Å². The molecule has 80 valence electrons. The van der Waals surface area contributed by atoms with Crippen LogP contribution in [-0.2, 0) is 21.3 Å². The summed E-state index contributed by atoms with van der Waals surface area (Å²) in [4.78, 5) is 0. The second kappa shape index (κ2) is 3.88. The van der Waals surface area contributed by atoms with Crippen molar-refractivity contribution < 1.29 is 25.5 Å². The van der Waals surface area contributed by atoms with Crippen molar-refractivity contribution in [3.8, 4) is 0 Å². The van der Waals surface area contributed by atoms with Crippen molar-refractivity contribution in [2.45, 2.75) is 5.51 Å². The maximum absolute atomic E-state index is 12.5. The summed E-state index contributed by atoms with van der Waals surface area (Å²) >= 11 is -2.79. The van der Waals surface area contributed by atoms with Gasteiger partial charge in [0.05, 0.1) is 0 Å². The molecule has 4 nitrogen and oxygen atoms in total. The average Bonchev–Trinajstić information content (AvgIpc) is 1.83. The molecule has 0 saturated heterocycles. The third kappa shape index (κ3) is 3.56. The van der Waals surface area contributed by atoms with E-state index in [1.54, 1.807) is 0 Å². The molecule has 0 bridgehead atoms. The predicted molar refractivity (Wildman–Crippen MR) is 39.6 cm³/mol. The summed E-state index contributed by atoms with van der Waals surface area (Å²) < 4.78 is 70.3. The van der Waals surface area contributed by atoms with Crippen LogP contribution in [0.3, 0.4) is 0 Å². The first-order chi connectivity index (χ1) is 5.58. The monoisotopic (exact) mass is 242 g/mol. The van der Waals surface area contributed by atoms with Crippen molar-refractivity contribution in [1.82, 2.24) is 4.31 Å². The molecule has 0 aliphatic carbocycles. The van der Waals surface area contributed by atoms with E-state index in [2.05, 4.69) is 0 Å². The molecule has 0 spiro atoms. The fourth-order valence-electron chi connectivity index (χ4n) is 0.190. The summed E-state index contributed by atoms with van der Waals surface area (Å²) in [5.74, 6) is 0. The lowest BCUT2D eigenvalue weighted by Crippen LogP contribution is -2.23. The Morgan fingerprint density at radius 1 is 1.31 bits per heavy atom. The molecule has 0 rings (SSSR count). The largest absolute Gasteiger partial charge is 0.519 e. The van der Waals surface area contributed by atoms with E-state index in [1.165, 1.54) is 0 Å². The van der Waals surface area contributed by atoms with Crippen molar-refractivity contribution in [2.24, 2.45) is 3.77 Å². The Morgan fingerprint density at radius 2 is 1.69 bits per heavy atom. The molecule has 0 heterocycles. The molecular weight excluding hydrogens is 236 g/mol. The van der Waals surface area contributed by atoms with Gasteiger partial charge in [0.2, 0.25) is 0 Å². The smallest absolute Gasteiger partial charge is 0.220 e. The first-order valence-corrected chi connectivity index (χ1v) is 5.18. The summed E-state index contributed by atoms with van der Waals surface area (Å²) in [6.07, 6.45) is 0. The molecule has 0 saturated carbocycles. The van der Waals surface area contributed by atoms with Crippen LogP contribution in [0.25, 0.3) is 0 Å². The number of sulfonamides is 1. The number of alkyl halides is 3. The van der Waals surface area contributed by atoms with Crippen LogP contribution >= 0.6 is 0 Å². The summed E-state index contributed by atoms with van der Waals surface area (Å²) in [6.45, 7) is 0. The molecule has 1 unspecified atom stereocenters. The minimum absolute atomic E-state index is 0.614. The van der Waals surface area contributed by atoms with Crippen molar-refractivity contribution in [3.05, 3.63) is 0 Å². The summed E-state index contributed by atoms with van der Waals surface area (Å²) in [6, 6.07) is 0. The van der Waals surface area contributed by atoms with Crippen LogP contribution in [0.4, 0.5) is 17.1 Å². The highest BCUT2D eigenvalue weighted by atomic mass is 32.3. The van der Waals surface area contributed by atoms with Crippen LogP contribution in [0, 0.1) is 0 Å². The lowest BCUT2D eigenvalue weighted by atomic mass is 11.3. The number of hydrogen-bond donors (Lipinski definition) is 0. The van der Waals surface area contributed by atoms with Gasteiger partial charge in [0.1, 0.15) is 0 Å². The molecule has 0 N–H and O–H groups in total. The summed E-state index contributed by atoms with van der Waals surface area (Å²) in [5.41, 5.74) is -5.54. The zero-order chi connectivity index (χ0) is 10.9. The molecule has 0 aromatic carbocycles. The Kier molecular flexibility index (Phi) is 3.82. The van der Waals surface area contributed by atoms with Gasteiger partial charge in [0, 0.05) is 14.1 Å². The SMILES string of the molecule is CN(C)S(F)=NS(=O)(=O)C(F)(F)F. The van der Waals surface area contributed by atoms with Crippen molar-refractivity contribution in [1.29, 1.82) is 0 Å². The lowest BCUT2D eigenvalue weighted by Gasteiger charge is -2.06. The highest BCUT2D eigenvalue weighted by Gasteiger charge is 2.46. The van der Waals surface area contributed by atoms with E-state index in [4.69, 9.17) is 0 Å². The molecule has 0 fully saturated rings. The van der Waals surface area contributed by atoms with Crippen LogP contribution in [0.15, 0.2) is 3.77 Å². The van der Waals surface area contributed by atoms with Gasteiger partial charge in [-0.3, -0.25) is 0 Å². The van der Waals surface area contributed by atoms with E-state index >= 15 is 0 Å². The molecule has 0 amide bonds. The molecule has 0 radical (unpaired) electrons. The minimum Gasteiger partial charge on any atom is -0.220 e. The number of nitrogens with zero attached hydrogens (tertiary/aromatic N) is 2. The number of hydrogen-bond acceptors (Lipinski definition) is 2. The average molecular weight is 242 g/mol. The summed E-state index contributed by atoms with van der Waals surface area (Å²) in [7, 11) is -3.59. The van der Waals surface area contributed by atoms with Crippen LogP contribution in [-0.4, -0.2) is 32.3 Å². The Balaban J connectivity index is 5.03. The second-order valence-corrected chi connectivity index (χ2v) is 5.21. The molecule has 1 atom stereocenters. The summed E-state index contributed by atoms with van der Waals surface area (Å²) in [5, 5.41) is 0. The van der Waals surface area contributed by atoms with Gasteiger partial charge < -0.3 is 0 Å². The molecule has 0 aliphatic rings. The molecule has 0 aliphatic heterocycles. The van der Waals surface area contributed by atoms with Gasteiger partial charge in [-0.1, -0.05) is 3.77 Å². The highest BCUT2D eigenvalue weighted by Crippen LogP contribution is 2.25. The Labute approximate surface area is 75.1 Å². The normalized spacial score (nSPS) is 16.5. The maximum Gasteiger partial charge on any atom is 0.519 e. The van der Waals surface area contributed by atoms with Gasteiger partial charge in [0.25, 0.3) is 0 Å². The third-order valence-corrected chi connectivity index (χ3v) is 3.22. The first-order valence-electron chi connectivity index (χ1n) is 2.70. The van der Waals surface area contributed by atoms with Gasteiger partial charge in [-0.05, 0) is 0 Å². The Morgan fingerprint density at radius 3 is 1.92 bits per heavy atom. The maximum atomic E-state index is 12.5. The van der Waals surface area contributed by atoms with Crippen LogP contribution in [0.1, 0.15) is 0 Å². The first kappa shape index (κ1) is 12.8. The molecule has 0 aromatic rings. The zero-order valence-electron chi connectivity index (χ0n) is 6.54. The van der Waals surface area contributed by atoms with Gasteiger partial charge in [-0.25, -0.2) is 4.31 Å². The van der Waals surface area contributed by atoms with Gasteiger partial charge in [0.15, 0.2) is 11.3 Å². The quantitative estimate of drug-likeness (QED) is 0.679. The fraction of sp³-hybridized carbons (Fsp3) is 1.00. The number of rotatable bonds is 2. The van der Waals surface area contributed by atoms with E-state index < -0.39 is 26.8 Å². The van der Waals surface area contributed by atoms with Gasteiger partial charge in [-0.15, -0.1) is 3.89 Å². The second-order valence-electron chi connectivity index (χ2n) is 2.03.